The summed E-state index contributed by atoms with van der Waals surface area (Å²) < 4.78 is 29.1. The topological polar surface area (TPSA) is 43.4 Å². The van der Waals surface area contributed by atoms with Gasteiger partial charge >= 0.3 is 0 Å². The summed E-state index contributed by atoms with van der Waals surface area (Å²) in [5, 5.41) is 0. The van der Waals surface area contributed by atoms with Crippen molar-refractivity contribution in [3.63, 3.8) is 0 Å². The molecule has 2 aromatic rings. The molecule has 0 aliphatic heterocycles. The van der Waals surface area contributed by atoms with E-state index < -0.39 is 10.1 Å². The van der Waals surface area contributed by atoms with Crippen molar-refractivity contribution in [3.05, 3.63) is 78.4 Å². The van der Waals surface area contributed by atoms with Gasteiger partial charge in [0.1, 0.15) is 0 Å². The molecule has 0 heterocycles. The molecular weight excluding hydrogens is 272 g/mol. The summed E-state index contributed by atoms with van der Waals surface area (Å²) in [4.78, 5) is 0.168. The molecular formula is C16H16O3S. The van der Waals surface area contributed by atoms with Crippen LogP contribution in [0.5, 0.6) is 0 Å². The molecule has 0 bridgehead atoms. The maximum atomic E-state index is 12.0. The molecule has 0 aliphatic carbocycles. The predicted octanol–water partition coefficient (Wildman–Crippen LogP) is 3.32. The maximum absolute atomic E-state index is 12.0. The van der Waals surface area contributed by atoms with E-state index in [4.69, 9.17) is 4.18 Å². The van der Waals surface area contributed by atoms with E-state index in [1.807, 2.05) is 30.3 Å². The lowest BCUT2D eigenvalue weighted by Gasteiger charge is -2.06. The first kappa shape index (κ1) is 14.5. The quantitative estimate of drug-likeness (QED) is 0.605. The van der Waals surface area contributed by atoms with Crippen molar-refractivity contribution in [1.82, 2.24) is 0 Å². The Kier molecular flexibility index (Phi) is 4.71. The van der Waals surface area contributed by atoms with Crippen molar-refractivity contribution >= 4 is 10.1 Å². The summed E-state index contributed by atoms with van der Waals surface area (Å²) >= 11 is 0. The van der Waals surface area contributed by atoms with Crippen LogP contribution < -0.4 is 0 Å². The third-order valence-corrected chi connectivity index (χ3v) is 4.09. The standard InChI is InChI=1S/C16H16O3S/c1-2-6-14-9-11-16(12-10-14)20(17,18)19-13-15-7-4-3-5-8-15/h2-5,7-12H,1,6,13H2. The molecule has 4 heteroatoms. The fourth-order valence-electron chi connectivity index (χ4n) is 1.75. The summed E-state index contributed by atoms with van der Waals surface area (Å²) in [7, 11) is -3.72. The zero-order valence-electron chi connectivity index (χ0n) is 11.0. The lowest BCUT2D eigenvalue weighted by Crippen LogP contribution is -2.06. The number of rotatable bonds is 6. The third-order valence-electron chi connectivity index (χ3n) is 2.82. The van der Waals surface area contributed by atoms with Crippen LogP contribution in [0.15, 0.2) is 72.1 Å². The van der Waals surface area contributed by atoms with Gasteiger partial charge in [-0.2, -0.15) is 8.42 Å². The van der Waals surface area contributed by atoms with Crippen molar-refractivity contribution in [3.8, 4) is 0 Å². The van der Waals surface area contributed by atoms with Gasteiger partial charge in [0.05, 0.1) is 11.5 Å². The minimum Gasteiger partial charge on any atom is -0.262 e. The molecule has 0 unspecified atom stereocenters. The highest BCUT2D eigenvalue weighted by Gasteiger charge is 2.14. The summed E-state index contributed by atoms with van der Waals surface area (Å²) in [6.45, 7) is 3.69. The van der Waals surface area contributed by atoms with Gasteiger partial charge in [0.25, 0.3) is 10.1 Å². The predicted molar refractivity (Wildman–Crippen MR) is 78.8 cm³/mol. The van der Waals surface area contributed by atoms with E-state index in [1.54, 1.807) is 30.3 Å². The van der Waals surface area contributed by atoms with E-state index in [0.29, 0.717) is 6.42 Å². The molecule has 0 atom stereocenters. The maximum Gasteiger partial charge on any atom is 0.297 e. The van der Waals surface area contributed by atoms with Gasteiger partial charge in [-0.25, -0.2) is 0 Å². The number of hydrogen-bond acceptors (Lipinski definition) is 3. The van der Waals surface area contributed by atoms with Crippen LogP contribution in [0.4, 0.5) is 0 Å². The minimum atomic E-state index is -3.72. The Morgan fingerprint density at radius 1 is 0.950 bits per heavy atom. The monoisotopic (exact) mass is 288 g/mol. The molecule has 0 aromatic heterocycles. The summed E-state index contributed by atoms with van der Waals surface area (Å²) in [5.74, 6) is 0. The Morgan fingerprint density at radius 3 is 2.20 bits per heavy atom. The Balaban J connectivity index is 2.08. The molecule has 0 spiro atoms. The molecule has 0 radical (unpaired) electrons. The molecule has 3 nitrogen and oxygen atoms in total. The Hall–Kier alpha value is -1.91. The van der Waals surface area contributed by atoms with E-state index in [0.717, 1.165) is 11.1 Å². The molecule has 0 saturated carbocycles. The normalized spacial score (nSPS) is 11.2. The van der Waals surface area contributed by atoms with Gasteiger partial charge in [0, 0.05) is 0 Å². The van der Waals surface area contributed by atoms with Crippen molar-refractivity contribution < 1.29 is 12.6 Å². The fourth-order valence-corrected chi connectivity index (χ4v) is 2.64. The second-order valence-corrected chi connectivity index (χ2v) is 5.95. The fraction of sp³-hybridized carbons (Fsp3) is 0.125. The van der Waals surface area contributed by atoms with Gasteiger partial charge in [-0.15, -0.1) is 6.58 Å². The second kappa shape index (κ2) is 6.50. The van der Waals surface area contributed by atoms with E-state index >= 15 is 0 Å². The minimum absolute atomic E-state index is 0.0393. The smallest absolute Gasteiger partial charge is 0.262 e. The summed E-state index contributed by atoms with van der Waals surface area (Å²) in [5.41, 5.74) is 1.83. The number of allylic oxidation sites excluding steroid dienone is 1. The van der Waals surface area contributed by atoms with Crippen LogP contribution in [0, 0.1) is 0 Å². The van der Waals surface area contributed by atoms with Crippen LogP contribution >= 0.6 is 0 Å². The van der Waals surface area contributed by atoms with Crippen molar-refractivity contribution in [2.45, 2.75) is 17.9 Å². The lowest BCUT2D eigenvalue weighted by atomic mass is 10.2. The highest BCUT2D eigenvalue weighted by molar-refractivity contribution is 7.86. The van der Waals surface area contributed by atoms with Crippen LogP contribution in [-0.2, 0) is 27.3 Å². The first-order valence-corrected chi connectivity index (χ1v) is 7.66. The second-order valence-electron chi connectivity index (χ2n) is 4.34. The van der Waals surface area contributed by atoms with Gasteiger partial charge in [0.2, 0.25) is 0 Å². The van der Waals surface area contributed by atoms with Gasteiger partial charge in [-0.05, 0) is 29.7 Å². The van der Waals surface area contributed by atoms with Crippen molar-refractivity contribution in [2.75, 3.05) is 0 Å². The van der Waals surface area contributed by atoms with Gasteiger partial charge in [-0.1, -0.05) is 48.5 Å². The SMILES string of the molecule is C=CCc1ccc(S(=O)(=O)OCc2ccccc2)cc1. The Morgan fingerprint density at radius 2 is 1.60 bits per heavy atom. The van der Waals surface area contributed by atoms with Crippen LogP contribution in [0.2, 0.25) is 0 Å². The summed E-state index contributed by atoms with van der Waals surface area (Å²) in [6, 6.07) is 15.8. The molecule has 0 N–H and O–H groups in total. The molecule has 0 amide bonds. The molecule has 104 valence electrons. The summed E-state index contributed by atoms with van der Waals surface area (Å²) in [6.07, 6.45) is 2.49. The average Bonchev–Trinajstić information content (AvgIpc) is 2.47. The van der Waals surface area contributed by atoms with Crippen LogP contribution in [0.25, 0.3) is 0 Å². The highest BCUT2D eigenvalue weighted by atomic mass is 32.2. The largest absolute Gasteiger partial charge is 0.297 e. The van der Waals surface area contributed by atoms with Crippen LogP contribution in [-0.4, -0.2) is 8.42 Å². The van der Waals surface area contributed by atoms with E-state index in [-0.39, 0.29) is 11.5 Å². The zero-order valence-corrected chi connectivity index (χ0v) is 11.8. The first-order chi connectivity index (χ1) is 9.62. The Bertz CT molecular complexity index is 659. The average molecular weight is 288 g/mol. The van der Waals surface area contributed by atoms with Gasteiger partial charge in [-0.3, -0.25) is 4.18 Å². The number of hydrogen-bond donors (Lipinski definition) is 0. The van der Waals surface area contributed by atoms with E-state index in [1.165, 1.54) is 0 Å². The van der Waals surface area contributed by atoms with Crippen molar-refractivity contribution in [2.24, 2.45) is 0 Å². The molecule has 0 saturated heterocycles. The molecule has 2 aromatic carbocycles. The van der Waals surface area contributed by atoms with E-state index in [9.17, 15) is 8.42 Å². The van der Waals surface area contributed by atoms with Gasteiger partial charge < -0.3 is 0 Å². The number of benzene rings is 2. The molecule has 20 heavy (non-hydrogen) atoms. The Labute approximate surface area is 119 Å². The third kappa shape index (κ3) is 3.79. The molecule has 2 rings (SSSR count). The zero-order chi connectivity index (χ0) is 14.4. The molecule has 0 aliphatic rings. The van der Waals surface area contributed by atoms with Crippen molar-refractivity contribution in [1.29, 1.82) is 0 Å². The van der Waals surface area contributed by atoms with Gasteiger partial charge in [0.15, 0.2) is 0 Å². The van der Waals surface area contributed by atoms with Crippen LogP contribution in [0.3, 0.4) is 0 Å². The molecule has 0 fully saturated rings. The van der Waals surface area contributed by atoms with Crippen LogP contribution in [0.1, 0.15) is 11.1 Å². The lowest BCUT2D eigenvalue weighted by molar-refractivity contribution is 0.308. The highest BCUT2D eigenvalue weighted by Crippen LogP contribution is 2.16. The van der Waals surface area contributed by atoms with E-state index in [2.05, 4.69) is 6.58 Å². The first-order valence-electron chi connectivity index (χ1n) is 6.25.